The Bertz CT molecular complexity index is 1350. The van der Waals surface area contributed by atoms with Gasteiger partial charge in [-0.05, 0) is 32.3 Å². The molecule has 0 radical (unpaired) electrons. The van der Waals surface area contributed by atoms with Crippen LogP contribution < -0.4 is 20.1 Å². The Morgan fingerprint density at radius 2 is 1.69 bits per heavy atom. The van der Waals surface area contributed by atoms with Gasteiger partial charge in [-0.25, -0.2) is 9.97 Å². The highest BCUT2D eigenvalue weighted by atomic mass is 35.5. The van der Waals surface area contributed by atoms with E-state index in [0.717, 1.165) is 29.6 Å². The van der Waals surface area contributed by atoms with Gasteiger partial charge in [-0.3, -0.25) is 9.97 Å². The van der Waals surface area contributed by atoms with E-state index < -0.39 is 0 Å². The van der Waals surface area contributed by atoms with Gasteiger partial charge in [0.05, 0.1) is 46.9 Å². The summed E-state index contributed by atoms with van der Waals surface area (Å²) in [6, 6.07) is 7.78. The molecule has 0 aliphatic heterocycles. The molecule has 0 aromatic carbocycles. The third-order valence-electron chi connectivity index (χ3n) is 5.80. The van der Waals surface area contributed by atoms with Crippen LogP contribution in [0, 0.1) is 0 Å². The number of halogens is 1. The molecule has 0 bridgehead atoms. The molecule has 0 spiro atoms. The van der Waals surface area contributed by atoms with Crippen LogP contribution in [-0.4, -0.2) is 63.2 Å². The molecule has 5 rings (SSSR count). The quantitative estimate of drug-likeness (QED) is 0.366. The van der Waals surface area contributed by atoms with E-state index in [0.29, 0.717) is 40.1 Å². The number of nitrogens with one attached hydrogen (secondary N) is 2. The van der Waals surface area contributed by atoms with Crippen molar-refractivity contribution in [2.75, 3.05) is 31.8 Å². The Morgan fingerprint density at radius 1 is 0.943 bits per heavy atom. The molecule has 11 heteroatoms. The minimum atomic E-state index is 0.144. The van der Waals surface area contributed by atoms with Crippen LogP contribution in [0.1, 0.15) is 12.8 Å². The van der Waals surface area contributed by atoms with Crippen LogP contribution in [-0.2, 0) is 0 Å². The maximum Gasteiger partial charge on any atom is 0.257 e. The molecule has 0 saturated heterocycles. The average Bonchev–Trinajstić information content (AvgIpc) is 2.82. The van der Waals surface area contributed by atoms with Crippen LogP contribution in [0.5, 0.6) is 11.6 Å². The van der Waals surface area contributed by atoms with Crippen molar-refractivity contribution < 1.29 is 9.47 Å². The van der Waals surface area contributed by atoms with Crippen molar-refractivity contribution in [3.8, 4) is 11.6 Å². The van der Waals surface area contributed by atoms with Crippen molar-refractivity contribution >= 4 is 45.8 Å². The summed E-state index contributed by atoms with van der Waals surface area (Å²) in [5, 5.41) is 6.93. The normalized spacial score (nSPS) is 17.2. The summed E-state index contributed by atoms with van der Waals surface area (Å²) < 4.78 is 11.5. The molecular weight excluding hydrogens is 468 g/mol. The second-order valence-electron chi connectivity index (χ2n) is 8.49. The molecular formula is C24H25ClN8O2. The van der Waals surface area contributed by atoms with E-state index in [1.165, 1.54) is 0 Å². The highest BCUT2D eigenvalue weighted by molar-refractivity contribution is 6.31. The van der Waals surface area contributed by atoms with Gasteiger partial charge in [0.25, 0.3) is 5.88 Å². The van der Waals surface area contributed by atoms with E-state index in [4.69, 9.17) is 21.1 Å². The van der Waals surface area contributed by atoms with Crippen LogP contribution in [0.25, 0.3) is 11.0 Å². The first-order valence-corrected chi connectivity index (χ1v) is 11.5. The van der Waals surface area contributed by atoms with Gasteiger partial charge in [-0.15, -0.1) is 0 Å². The maximum absolute atomic E-state index is 6.03. The number of fused-ring (bicyclic) bond motifs is 1. The molecule has 180 valence electrons. The number of ether oxygens (including phenoxy) is 2. The zero-order chi connectivity index (χ0) is 24.4. The van der Waals surface area contributed by atoms with Gasteiger partial charge >= 0.3 is 0 Å². The van der Waals surface area contributed by atoms with E-state index >= 15 is 0 Å². The van der Waals surface area contributed by atoms with Crippen LogP contribution in [0.4, 0.5) is 23.1 Å². The Morgan fingerprint density at radius 3 is 2.49 bits per heavy atom. The highest BCUT2D eigenvalue weighted by Crippen LogP contribution is 2.34. The number of hydrogen-bond acceptors (Lipinski definition) is 10. The molecule has 0 amide bonds. The molecule has 0 unspecified atom stereocenters. The number of hydrogen-bond donors (Lipinski definition) is 2. The summed E-state index contributed by atoms with van der Waals surface area (Å²) in [5.41, 5.74) is 2.87. The summed E-state index contributed by atoms with van der Waals surface area (Å²) in [6.07, 6.45) is 8.71. The van der Waals surface area contributed by atoms with E-state index in [1.54, 1.807) is 44.0 Å². The minimum Gasteiger partial charge on any atom is -0.491 e. The van der Waals surface area contributed by atoms with Crippen LogP contribution >= 0.6 is 11.6 Å². The zero-order valence-electron chi connectivity index (χ0n) is 19.6. The third-order valence-corrected chi connectivity index (χ3v) is 6.01. The van der Waals surface area contributed by atoms with Crippen molar-refractivity contribution in [1.29, 1.82) is 0 Å². The van der Waals surface area contributed by atoms with Gasteiger partial charge in [0.2, 0.25) is 5.95 Å². The van der Waals surface area contributed by atoms with Gasteiger partial charge in [-0.2, -0.15) is 4.98 Å². The summed E-state index contributed by atoms with van der Waals surface area (Å²) in [7, 11) is 5.76. The first-order chi connectivity index (χ1) is 17.0. The van der Waals surface area contributed by atoms with Gasteiger partial charge in [0.15, 0.2) is 5.75 Å². The molecule has 0 atom stereocenters. The standard InChI is InChI=1S/C24H25ClN8O2/c1-33(2)17-9-18(10-17)35-23-21(34-3)8-16(13-29-23)31-24-26-5-4-22(32-24)30-15-7-20-19(28-12-15)6-14(25)11-27-20/h4-8,11-13,17-18H,9-10H2,1-3H3,(H2,26,30,31,32). The maximum atomic E-state index is 6.03. The van der Waals surface area contributed by atoms with Crippen molar-refractivity contribution in [3.63, 3.8) is 0 Å². The SMILES string of the molecule is COc1cc(Nc2nccc(Nc3cnc4cc(Cl)cnc4c3)n2)cnc1OC1CC(N(C)C)C1. The molecule has 2 N–H and O–H groups in total. The first kappa shape index (κ1) is 23.0. The highest BCUT2D eigenvalue weighted by Gasteiger charge is 2.33. The Balaban J connectivity index is 1.26. The molecule has 35 heavy (non-hydrogen) atoms. The molecule has 1 aliphatic carbocycles. The smallest absolute Gasteiger partial charge is 0.257 e. The molecule has 4 aromatic rings. The summed E-state index contributed by atoms with van der Waals surface area (Å²) in [4.78, 5) is 24.2. The van der Waals surface area contributed by atoms with Gasteiger partial charge < -0.3 is 25.0 Å². The fraction of sp³-hybridized carbons (Fsp3) is 0.292. The first-order valence-electron chi connectivity index (χ1n) is 11.1. The minimum absolute atomic E-state index is 0.144. The lowest BCUT2D eigenvalue weighted by atomic mass is 9.88. The van der Waals surface area contributed by atoms with E-state index in [-0.39, 0.29) is 6.10 Å². The van der Waals surface area contributed by atoms with Gasteiger partial charge in [-0.1, -0.05) is 11.6 Å². The monoisotopic (exact) mass is 492 g/mol. The van der Waals surface area contributed by atoms with Crippen LogP contribution in [0.3, 0.4) is 0 Å². The number of rotatable bonds is 8. The average molecular weight is 493 g/mol. The van der Waals surface area contributed by atoms with Gasteiger partial charge in [0, 0.05) is 37.3 Å². The molecule has 10 nitrogen and oxygen atoms in total. The van der Waals surface area contributed by atoms with E-state index in [2.05, 4.69) is 54.5 Å². The number of methoxy groups -OCH3 is 1. The number of aromatic nitrogens is 5. The number of anilines is 4. The summed E-state index contributed by atoms with van der Waals surface area (Å²) >= 11 is 5.98. The number of pyridine rings is 3. The summed E-state index contributed by atoms with van der Waals surface area (Å²) in [6.45, 7) is 0. The molecule has 1 aliphatic rings. The third kappa shape index (κ3) is 5.33. The lowest BCUT2D eigenvalue weighted by molar-refractivity contribution is 0.0351. The van der Waals surface area contributed by atoms with Crippen molar-refractivity contribution in [2.45, 2.75) is 25.0 Å². The Kier molecular flexibility index (Phi) is 6.47. The topological polar surface area (TPSA) is 110 Å². The van der Waals surface area contributed by atoms with Crippen LogP contribution in [0.2, 0.25) is 5.02 Å². The second-order valence-corrected chi connectivity index (χ2v) is 8.93. The van der Waals surface area contributed by atoms with E-state index in [1.807, 2.05) is 12.1 Å². The Labute approximate surface area is 207 Å². The molecule has 1 fully saturated rings. The largest absolute Gasteiger partial charge is 0.491 e. The van der Waals surface area contributed by atoms with Crippen molar-refractivity contribution in [3.05, 3.63) is 54.1 Å². The zero-order valence-corrected chi connectivity index (χ0v) is 20.3. The van der Waals surface area contributed by atoms with Crippen molar-refractivity contribution in [1.82, 2.24) is 29.8 Å². The molecule has 1 saturated carbocycles. The second kappa shape index (κ2) is 9.85. The lowest BCUT2D eigenvalue weighted by Gasteiger charge is -2.39. The molecule has 4 aromatic heterocycles. The van der Waals surface area contributed by atoms with Gasteiger partial charge in [0.1, 0.15) is 11.9 Å². The lowest BCUT2D eigenvalue weighted by Crippen LogP contribution is -2.46. The Hall–Kier alpha value is -3.76. The predicted octanol–water partition coefficient (Wildman–Crippen LogP) is 4.44. The van der Waals surface area contributed by atoms with E-state index in [9.17, 15) is 0 Å². The fourth-order valence-electron chi connectivity index (χ4n) is 3.76. The predicted molar refractivity (Wildman–Crippen MR) is 135 cm³/mol. The molecule has 4 heterocycles. The van der Waals surface area contributed by atoms with Crippen LogP contribution in [0.15, 0.2) is 49.1 Å². The summed E-state index contributed by atoms with van der Waals surface area (Å²) in [5.74, 6) is 2.03. The van der Waals surface area contributed by atoms with Crippen molar-refractivity contribution in [2.24, 2.45) is 0 Å². The number of nitrogens with zero attached hydrogens (tertiary/aromatic N) is 6. The fourth-order valence-corrected chi connectivity index (χ4v) is 3.91.